The molecule has 1 atom stereocenters. The first kappa shape index (κ1) is 13.0. The lowest BCUT2D eigenvalue weighted by Gasteiger charge is -2.26. The predicted octanol–water partition coefficient (Wildman–Crippen LogP) is 3.19. The lowest BCUT2D eigenvalue weighted by atomic mass is 10.1. The van der Waals surface area contributed by atoms with Crippen LogP contribution in [0.5, 0.6) is 0 Å². The second-order valence-corrected chi connectivity index (χ2v) is 4.33. The number of nitro groups is 1. The van der Waals surface area contributed by atoms with Gasteiger partial charge in [-0.3, -0.25) is 10.1 Å². The number of rotatable bonds is 4. The van der Waals surface area contributed by atoms with E-state index >= 15 is 0 Å². The van der Waals surface area contributed by atoms with Crippen LogP contribution in [0.3, 0.4) is 0 Å². The van der Waals surface area contributed by atoms with Crippen molar-refractivity contribution in [1.29, 1.82) is 0 Å². The molecule has 98 valence electrons. The molecule has 0 aliphatic carbocycles. The molecule has 0 radical (unpaired) electrons. The van der Waals surface area contributed by atoms with Gasteiger partial charge < -0.3 is 4.90 Å². The maximum Gasteiger partial charge on any atom is 0.287 e. The van der Waals surface area contributed by atoms with Crippen molar-refractivity contribution in [3.8, 4) is 0 Å². The van der Waals surface area contributed by atoms with E-state index in [1.165, 1.54) is 17.8 Å². The third kappa shape index (κ3) is 2.88. The third-order valence-electron chi connectivity index (χ3n) is 3.17. The summed E-state index contributed by atoms with van der Waals surface area (Å²) < 4.78 is 0. The fourth-order valence-corrected chi connectivity index (χ4v) is 1.85. The standard InChI is InChI=1S/C14H15N3O2/c1-11(12-6-4-3-5-7-12)16(2)14-9-8-13(10-15-14)17(18)19/h3-11H,1-2H3. The maximum atomic E-state index is 10.6. The molecule has 2 aromatic rings. The molecule has 0 fully saturated rings. The Bertz CT molecular complexity index is 555. The Balaban J connectivity index is 2.19. The normalized spacial score (nSPS) is 11.9. The van der Waals surface area contributed by atoms with E-state index in [0.717, 1.165) is 0 Å². The largest absolute Gasteiger partial charge is 0.353 e. The maximum absolute atomic E-state index is 10.6. The smallest absolute Gasteiger partial charge is 0.287 e. The quantitative estimate of drug-likeness (QED) is 0.623. The molecule has 0 amide bonds. The van der Waals surface area contributed by atoms with Gasteiger partial charge in [-0.2, -0.15) is 0 Å². The highest BCUT2D eigenvalue weighted by molar-refractivity contribution is 5.44. The summed E-state index contributed by atoms with van der Waals surface area (Å²) in [4.78, 5) is 16.3. The SMILES string of the molecule is CC(c1ccccc1)N(C)c1ccc([N+](=O)[O-])cn1. The van der Waals surface area contributed by atoms with E-state index in [2.05, 4.69) is 11.9 Å². The molecule has 1 aromatic heterocycles. The minimum atomic E-state index is -0.447. The molecule has 2 rings (SSSR count). The second kappa shape index (κ2) is 5.48. The molecular weight excluding hydrogens is 242 g/mol. The van der Waals surface area contributed by atoms with Crippen molar-refractivity contribution in [2.24, 2.45) is 0 Å². The van der Waals surface area contributed by atoms with Crippen LogP contribution in [0.4, 0.5) is 11.5 Å². The summed E-state index contributed by atoms with van der Waals surface area (Å²) in [6, 6.07) is 13.3. The highest BCUT2D eigenvalue weighted by Gasteiger charge is 2.14. The molecule has 0 bridgehead atoms. The van der Waals surface area contributed by atoms with E-state index in [1.807, 2.05) is 42.3 Å². The zero-order valence-electron chi connectivity index (χ0n) is 10.9. The van der Waals surface area contributed by atoms with E-state index in [1.54, 1.807) is 6.07 Å². The van der Waals surface area contributed by atoms with Crippen LogP contribution in [0.2, 0.25) is 0 Å². The van der Waals surface area contributed by atoms with Gasteiger partial charge in [-0.1, -0.05) is 30.3 Å². The van der Waals surface area contributed by atoms with Gasteiger partial charge in [0.1, 0.15) is 12.0 Å². The number of aromatic nitrogens is 1. The summed E-state index contributed by atoms with van der Waals surface area (Å²) in [5.41, 5.74) is 1.18. The van der Waals surface area contributed by atoms with Gasteiger partial charge in [-0.15, -0.1) is 0 Å². The van der Waals surface area contributed by atoms with Crippen LogP contribution in [-0.4, -0.2) is 17.0 Å². The number of hydrogen-bond donors (Lipinski definition) is 0. The number of anilines is 1. The monoisotopic (exact) mass is 257 g/mol. The number of benzene rings is 1. The van der Waals surface area contributed by atoms with Gasteiger partial charge in [0.25, 0.3) is 5.69 Å². The summed E-state index contributed by atoms with van der Waals surface area (Å²) >= 11 is 0. The second-order valence-electron chi connectivity index (χ2n) is 4.33. The van der Waals surface area contributed by atoms with Gasteiger partial charge in [0.05, 0.1) is 11.0 Å². The number of hydrogen-bond acceptors (Lipinski definition) is 4. The molecule has 0 aliphatic heterocycles. The first-order chi connectivity index (χ1) is 9.09. The van der Waals surface area contributed by atoms with Crippen LogP contribution >= 0.6 is 0 Å². The predicted molar refractivity (Wildman–Crippen MR) is 74.2 cm³/mol. The van der Waals surface area contributed by atoms with Gasteiger partial charge in [-0.25, -0.2) is 4.98 Å². The van der Waals surface area contributed by atoms with E-state index < -0.39 is 4.92 Å². The van der Waals surface area contributed by atoms with Crippen molar-refractivity contribution < 1.29 is 4.92 Å². The fourth-order valence-electron chi connectivity index (χ4n) is 1.85. The zero-order chi connectivity index (χ0) is 13.8. The van der Waals surface area contributed by atoms with Crippen LogP contribution in [0.15, 0.2) is 48.7 Å². The summed E-state index contributed by atoms with van der Waals surface area (Å²) in [7, 11) is 1.92. The molecule has 5 heteroatoms. The average Bonchev–Trinajstić information content (AvgIpc) is 2.46. The Morgan fingerprint density at radius 3 is 2.42 bits per heavy atom. The van der Waals surface area contributed by atoms with Gasteiger partial charge in [0.2, 0.25) is 0 Å². The summed E-state index contributed by atoms with van der Waals surface area (Å²) in [6.07, 6.45) is 1.28. The molecule has 1 aromatic carbocycles. The van der Waals surface area contributed by atoms with Crippen LogP contribution in [-0.2, 0) is 0 Å². The Hall–Kier alpha value is -2.43. The highest BCUT2D eigenvalue weighted by atomic mass is 16.6. The Morgan fingerprint density at radius 2 is 1.89 bits per heavy atom. The van der Waals surface area contributed by atoms with Crippen LogP contribution < -0.4 is 4.90 Å². The average molecular weight is 257 g/mol. The molecule has 0 aliphatic rings. The lowest BCUT2D eigenvalue weighted by molar-refractivity contribution is -0.385. The fraction of sp³-hybridized carbons (Fsp3) is 0.214. The van der Waals surface area contributed by atoms with Gasteiger partial charge in [-0.05, 0) is 18.6 Å². The first-order valence-electron chi connectivity index (χ1n) is 5.98. The van der Waals surface area contributed by atoms with Crippen molar-refractivity contribution in [3.63, 3.8) is 0 Å². The van der Waals surface area contributed by atoms with E-state index in [4.69, 9.17) is 0 Å². The minimum Gasteiger partial charge on any atom is -0.353 e. The third-order valence-corrected chi connectivity index (χ3v) is 3.17. The molecular formula is C14H15N3O2. The van der Waals surface area contributed by atoms with Crippen molar-refractivity contribution in [1.82, 2.24) is 4.98 Å². The van der Waals surface area contributed by atoms with Crippen molar-refractivity contribution in [2.75, 3.05) is 11.9 Å². The Labute approximate surface area is 111 Å². The molecule has 1 heterocycles. The molecule has 5 nitrogen and oxygen atoms in total. The number of nitrogens with zero attached hydrogens (tertiary/aromatic N) is 3. The molecule has 1 unspecified atom stereocenters. The van der Waals surface area contributed by atoms with E-state index in [-0.39, 0.29) is 11.7 Å². The molecule has 0 spiro atoms. The van der Waals surface area contributed by atoms with Crippen LogP contribution in [0, 0.1) is 10.1 Å². The summed E-state index contributed by atoms with van der Waals surface area (Å²) in [6.45, 7) is 2.07. The van der Waals surface area contributed by atoms with Crippen LogP contribution in [0.25, 0.3) is 0 Å². The summed E-state index contributed by atoms with van der Waals surface area (Å²) in [5, 5.41) is 10.6. The van der Waals surface area contributed by atoms with Gasteiger partial charge in [0.15, 0.2) is 0 Å². The molecule has 0 N–H and O–H groups in total. The van der Waals surface area contributed by atoms with Crippen molar-refractivity contribution >= 4 is 11.5 Å². The highest BCUT2D eigenvalue weighted by Crippen LogP contribution is 2.24. The molecule has 0 saturated carbocycles. The minimum absolute atomic E-state index is 0.00418. The van der Waals surface area contributed by atoms with Gasteiger partial charge in [0, 0.05) is 13.1 Å². The van der Waals surface area contributed by atoms with Crippen molar-refractivity contribution in [2.45, 2.75) is 13.0 Å². The van der Waals surface area contributed by atoms with Gasteiger partial charge >= 0.3 is 0 Å². The molecule has 0 saturated heterocycles. The van der Waals surface area contributed by atoms with Crippen LogP contribution in [0.1, 0.15) is 18.5 Å². The molecule has 19 heavy (non-hydrogen) atoms. The van der Waals surface area contributed by atoms with Crippen molar-refractivity contribution in [3.05, 3.63) is 64.3 Å². The first-order valence-corrected chi connectivity index (χ1v) is 5.98. The summed E-state index contributed by atoms with van der Waals surface area (Å²) in [5.74, 6) is 0.710. The number of pyridine rings is 1. The van der Waals surface area contributed by atoms with E-state index in [9.17, 15) is 10.1 Å². The Kier molecular flexibility index (Phi) is 3.75. The zero-order valence-corrected chi connectivity index (χ0v) is 10.9. The lowest BCUT2D eigenvalue weighted by Crippen LogP contribution is -2.22. The topological polar surface area (TPSA) is 59.3 Å². The van der Waals surface area contributed by atoms with E-state index in [0.29, 0.717) is 5.82 Å². The Morgan fingerprint density at radius 1 is 1.21 bits per heavy atom.